The van der Waals surface area contributed by atoms with Gasteiger partial charge in [0.1, 0.15) is 11.1 Å². The van der Waals surface area contributed by atoms with Crippen LogP contribution in [0.4, 0.5) is 11.4 Å². The van der Waals surface area contributed by atoms with Crippen molar-refractivity contribution in [2.45, 2.75) is 12.3 Å². The molecular weight excluding hydrogens is 388 g/mol. The molecule has 0 bridgehead atoms. The first-order valence-corrected chi connectivity index (χ1v) is 10.3. The molecular formula is C22H20N2O4S. The van der Waals surface area contributed by atoms with Crippen LogP contribution in [0.5, 0.6) is 5.75 Å². The third-order valence-corrected chi connectivity index (χ3v) is 5.71. The fourth-order valence-corrected chi connectivity index (χ4v) is 4.43. The number of nitrogens with one attached hydrogen (secondary N) is 1. The lowest BCUT2D eigenvalue weighted by atomic mass is 10.1. The Bertz CT molecular complexity index is 1000. The van der Waals surface area contributed by atoms with Crippen LogP contribution in [0.2, 0.25) is 0 Å². The summed E-state index contributed by atoms with van der Waals surface area (Å²) in [6.07, 6.45) is 1.46. The smallest absolute Gasteiger partial charge is 0.291 e. The van der Waals surface area contributed by atoms with Gasteiger partial charge >= 0.3 is 0 Å². The SMILES string of the molecule is CCOc1ccc(N2C(=O)CSC2c2ccccc2NC(=O)c2ccco2)cc1. The van der Waals surface area contributed by atoms with E-state index in [1.54, 1.807) is 17.0 Å². The summed E-state index contributed by atoms with van der Waals surface area (Å²) in [7, 11) is 0. The molecule has 6 nitrogen and oxygen atoms in total. The van der Waals surface area contributed by atoms with Crippen molar-refractivity contribution in [3.63, 3.8) is 0 Å². The maximum absolute atomic E-state index is 12.7. The summed E-state index contributed by atoms with van der Waals surface area (Å²) < 4.78 is 10.7. The van der Waals surface area contributed by atoms with Crippen LogP contribution in [0.25, 0.3) is 0 Å². The van der Waals surface area contributed by atoms with Crippen molar-refractivity contribution in [2.75, 3.05) is 22.6 Å². The van der Waals surface area contributed by atoms with Gasteiger partial charge in [-0.3, -0.25) is 14.5 Å². The van der Waals surface area contributed by atoms with Crippen molar-refractivity contribution in [3.8, 4) is 5.75 Å². The first-order chi connectivity index (χ1) is 14.2. The van der Waals surface area contributed by atoms with Gasteiger partial charge in [0, 0.05) is 16.9 Å². The second kappa shape index (κ2) is 8.45. The summed E-state index contributed by atoms with van der Waals surface area (Å²) in [5.41, 5.74) is 2.30. The van der Waals surface area contributed by atoms with Gasteiger partial charge in [0.2, 0.25) is 5.91 Å². The summed E-state index contributed by atoms with van der Waals surface area (Å²) >= 11 is 1.53. The normalized spacial score (nSPS) is 16.1. The van der Waals surface area contributed by atoms with E-state index in [1.807, 2.05) is 55.5 Å². The van der Waals surface area contributed by atoms with E-state index in [2.05, 4.69) is 5.32 Å². The molecule has 1 aromatic heterocycles. The van der Waals surface area contributed by atoms with Gasteiger partial charge in [0.15, 0.2) is 5.76 Å². The molecule has 1 N–H and O–H groups in total. The maximum Gasteiger partial charge on any atom is 0.291 e. The Labute approximate surface area is 172 Å². The fourth-order valence-electron chi connectivity index (χ4n) is 3.22. The van der Waals surface area contributed by atoms with E-state index in [0.29, 0.717) is 18.0 Å². The molecule has 1 aliphatic heterocycles. The van der Waals surface area contributed by atoms with E-state index in [1.165, 1.54) is 18.0 Å². The Morgan fingerprint density at radius 3 is 2.69 bits per heavy atom. The highest BCUT2D eigenvalue weighted by molar-refractivity contribution is 8.00. The lowest BCUT2D eigenvalue weighted by molar-refractivity contribution is -0.115. The molecule has 2 amide bonds. The number of carbonyl (C=O) groups excluding carboxylic acids is 2. The standard InChI is InChI=1S/C22H20N2O4S/c1-2-27-16-11-9-15(10-12-16)24-20(25)14-29-22(24)17-6-3-4-7-18(17)23-21(26)19-8-5-13-28-19/h3-13,22H,2,14H2,1H3,(H,23,26). The zero-order valence-electron chi connectivity index (χ0n) is 15.8. The number of rotatable bonds is 6. The summed E-state index contributed by atoms with van der Waals surface area (Å²) in [6, 6.07) is 18.3. The average molecular weight is 408 g/mol. The lowest BCUT2D eigenvalue weighted by Gasteiger charge is -2.26. The van der Waals surface area contributed by atoms with Gasteiger partial charge < -0.3 is 14.5 Å². The van der Waals surface area contributed by atoms with Gasteiger partial charge in [0.25, 0.3) is 5.91 Å². The van der Waals surface area contributed by atoms with Crippen LogP contribution in [-0.2, 0) is 4.79 Å². The van der Waals surface area contributed by atoms with Crippen LogP contribution < -0.4 is 15.0 Å². The number of amides is 2. The van der Waals surface area contributed by atoms with Gasteiger partial charge in [-0.05, 0) is 49.4 Å². The Morgan fingerprint density at radius 1 is 1.17 bits per heavy atom. The number of ether oxygens (including phenoxy) is 1. The molecule has 3 aromatic rings. The lowest BCUT2D eigenvalue weighted by Crippen LogP contribution is -2.28. The molecule has 4 rings (SSSR count). The average Bonchev–Trinajstić information content (AvgIpc) is 3.40. The molecule has 148 valence electrons. The Balaban J connectivity index is 1.63. The third-order valence-electron chi connectivity index (χ3n) is 4.51. The van der Waals surface area contributed by atoms with Crippen LogP contribution in [-0.4, -0.2) is 24.2 Å². The quantitative estimate of drug-likeness (QED) is 0.640. The van der Waals surface area contributed by atoms with Crippen LogP contribution in [0.1, 0.15) is 28.4 Å². The molecule has 2 aromatic carbocycles. The van der Waals surface area contributed by atoms with E-state index in [-0.39, 0.29) is 22.9 Å². The van der Waals surface area contributed by atoms with E-state index in [4.69, 9.17) is 9.15 Å². The van der Waals surface area contributed by atoms with Crippen LogP contribution in [0, 0.1) is 0 Å². The summed E-state index contributed by atoms with van der Waals surface area (Å²) in [4.78, 5) is 26.9. The first-order valence-electron chi connectivity index (χ1n) is 9.27. The van der Waals surface area contributed by atoms with Crippen LogP contribution in [0.15, 0.2) is 71.3 Å². The summed E-state index contributed by atoms with van der Waals surface area (Å²) in [6.45, 7) is 2.52. The molecule has 1 fully saturated rings. The predicted octanol–water partition coefficient (Wildman–Crippen LogP) is 4.71. The molecule has 1 saturated heterocycles. The van der Waals surface area contributed by atoms with Gasteiger partial charge in [-0.1, -0.05) is 18.2 Å². The summed E-state index contributed by atoms with van der Waals surface area (Å²) in [5, 5.41) is 2.66. The molecule has 0 aliphatic carbocycles. The number of para-hydroxylation sites is 1. The predicted molar refractivity (Wildman–Crippen MR) is 113 cm³/mol. The van der Waals surface area contributed by atoms with Crippen molar-refractivity contribution in [3.05, 3.63) is 78.3 Å². The van der Waals surface area contributed by atoms with E-state index >= 15 is 0 Å². The van der Waals surface area contributed by atoms with Crippen molar-refractivity contribution >= 4 is 35.0 Å². The van der Waals surface area contributed by atoms with Crippen LogP contribution >= 0.6 is 11.8 Å². The number of furan rings is 1. The minimum atomic E-state index is -0.329. The highest BCUT2D eigenvalue weighted by Crippen LogP contribution is 2.44. The Hall–Kier alpha value is -3.19. The molecule has 1 unspecified atom stereocenters. The van der Waals surface area contributed by atoms with E-state index in [9.17, 15) is 9.59 Å². The highest BCUT2D eigenvalue weighted by atomic mass is 32.2. The van der Waals surface area contributed by atoms with Crippen molar-refractivity contribution in [1.29, 1.82) is 0 Å². The Morgan fingerprint density at radius 2 is 1.97 bits per heavy atom. The minimum Gasteiger partial charge on any atom is -0.494 e. The zero-order valence-corrected chi connectivity index (χ0v) is 16.6. The highest BCUT2D eigenvalue weighted by Gasteiger charge is 2.35. The number of anilines is 2. The van der Waals surface area contributed by atoms with Crippen molar-refractivity contribution < 1.29 is 18.7 Å². The van der Waals surface area contributed by atoms with Crippen molar-refractivity contribution in [1.82, 2.24) is 0 Å². The topological polar surface area (TPSA) is 71.8 Å². The van der Waals surface area contributed by atoms with Gasteiger partial charge in [-0.2, -0.15) is 0 Å². The fraction of sp³-hybridized carbons (Fsp3) is 0.182. The molecule has 0 radical (unpaired) electrons. The van der Waals surface area contributed by atoms with Crippen LogP contribution in [0.3, 0.4) is 0 Å². The third kappa shape index (κ3) is 4.00. The van der Waals surface area contributed by atoms with Gasteiger partial charge in [-0.25, -0.2) is 0 Å². The minimum absolute atomic E-state index is 0.0244. The number of nitrogens with zero attached hydrogens (tertiary/aromatic N) is 1. The number of benzene rings is 2. The molecule has 1 aliphatic rings. The number of carbonyl (C=O) groups is 2. The molecule has 0 saturated carbocycles. The molecule has 0 spiro atoms. The van der Waals surface area contributed by atoms with Gasteiger partial charge in [0.05, 0.1) is 18.6 Å². The summed E-state index contributed by atoms with van der Waals surface area (Å²) in [5.74, 6) is 1.07. The number of thioether (sulfide) groups is 1. The van der Waals surface area contributed by atoms with Crippen molar-refractivity contribution in [2.24, 2.45) is 0 Å². The maximum atomic E-state index is 12.7. The molecule has 1 atom stereocenters. The van der Waals surface area contributed by atoms with E-state index in [0.717, 1.165) is 17.0 Å². The largest absolute Gasteiger partial charge is 0.494 e. The van der Waals surface area contributed by atoms with Gasteiger partial charge in [-0.15, -0.1) is 11.8 Å². The second-order valence-corrected chi connectivity index (χ2v) is 7.44. The Kier molecular flexibility index (Phi) is 5.57. The molecule has 7 heteroatoms. The monoisotopic (exact) mass is 408 g/mol. The van der Waals surface area contributed by atoms with E-state index < -0.39 is 0 Å². The molecule has 2 heterocycles. The molecule has 29 heavy (non-hydrogen) atoms. The number of hydrogen-bond acceptors (Lipinski definition) is 5. The zero-order chi connectivity index (χ0) is 20.2. The first kappa shape index (κ1) is 19.1. The number of hydrogen-bond donors (Lipinski definition) is 1. The second-order valence-electron chi connectivity index (χ2n) is 6.37.